The van der Waals surface area contributed by atoms with E-state index >= 15 is 0 Å². The molecule has 0 fully saturated rings. The maximum Gasteiger partial charge on any atom is 0.387 e. The Balaban J connectivity index is 2.14. The van der Waals surface area contributed by atoms with Gasteiger partial charge in [-0.1, -0.05) is 12.1 Å². The van der Waals surface area contributed by atoms with Crippen molar-refractivity contribution in [2.75, 3.05) is 20.8 Å². The van der Waals surface area contributed by atoms with Gasteiger partial charge in [0.1, 0.15) is 11.3 Å². The third-order valence-corrected chi connectivity index (χ3v) is 3.80. The molecule has 10 heteroatoms. The lowest BCUT2D eigenvalue weighted by molar-refractivity contribution is -0.385. The molecule has 0 bridgehead atoms. The number of nitro groups is 1. The topological polar surface area (TPSA) is 99.9 Å². The zero-order chi connectivity index (χ0) is 20.7. The van der Waals surface area contributed by atoms with Crippen molar-refractivity contribution < 1.29 is 32.7 Å². The first-order valence-electron chi connectivity index (χ1n) is 8.08. The van der Waals surface area contributed by atoms with E-state index in [0.717, 1.165) is 17.7 Å². The maximum absolute atomic E-state index is 12.5. The quantitative estimate of drug-likeness (QED) is 0.516. The molecule has 1 N–H and O–H groups in total. The second kappa shape index (κ2) is 9.49. The Labute approximate surface area is 159 Å². The minimum absolute atomic E-state index is 0.208. The predicted octanol–water partition coefficient (Wildman–Crippen LogP) is 3.19. The minimum Gasteiger partial charge on any atom is -0.497 e. The van der Waals surface area contributed by atoms with Gasteiger partial charge in [0.15, 0.2) is 11.5 Å². The summed E-state index contributed by atoms with van der Waals surface area (Å²) in [4.78, 5) is 22.8. The molecular weight excluding hydrogens is 378 g/mol. The van der Waals surface area contributed by atoms with E-state index in [9.17, 15) is 23.7 Å². The lowest BCUT2D eigenvalue weighted by atomic mass is 10.1. The van der Waals surface area contributed by atoms with Crippen molar-refractivity contribution in [3.05, 3.63) is 57.6 Å². The van der Waals surface area contributed by atoms with Gasteiger partial charge in [-0.15, -0.1) is 0 Å². The number of ether oxygens (including phenoxy) is 3. The highest BCUT2D eigenvalue weighted by Gasteiger charge is 2.25. The maximum atomic E-state index is 12.5. The second-order valence-corrected chi connectivity index (χ2v) is 5.51. The van der Waals surface area contributed by atoms with Crippen LogP contribution >= 0.6 is 0 Å². The molecule has 0 spiro atoms. The van der Waals surface area contributed by atoms with Crippen molar-refractivity contribution in [1.29, 1.82) is 0 Å². The largest absolute Gasteiger partial charge is 0.497 e. The number of hydrogen-bond acceptors (Lipinski definition) is 6. The number of amides is 1. The van der Waals surface area contributed by atoms with Crippen LogP contribution in [0.5, 0.6) is 17.2 Å². The fourth-order valence-electron chi connectivity index (χ4n) is 2.44. The molecule has 0 heterocycles. The van der Waals surface area contributed by atoms with Crippen LogP contribution in [-0.4, -0.2) is 38.2 Å². The van der Waals surface area contributed by atoms with Gasteiger partial charge in [-0.3, -0.25) is 14.9 Å². The van der Waals surface area contributed by atoms with Crippen LogP contribution in [0.15, 0.2) is 36.4 Å². The van der Waals surface area contributed by atoms with Crippen LogP contribution < -0.4 is 19.5 Å². The molecule has 0 aliphatic rings. The van der Waals surface area contributed by atoms with Crippen molar-refractivity contribution in [2.45, 2.75) is 13.0 Å². The third kappa shape index (κ3) is 5.29. The molecule has 0 unspecified atom stereocenters. The number of benzene rings is 2. The number of hydrogen-bond donors (Lipinski definition) is 1. The summed E-state index contributed by atoms with van der Waals surface area (Å²) < 4.78 is 39.1. The van der Waals surface area contributed by atoms with E-state index < -0.39 is 28.9 Å². The lowest BCUT2D eigenvalue weighted by Crippen LogP contribution is -2.26. The third-order valence-electron chi connectivity index (χ3n) is 3.80. The van der Waals surface area contributed by atoms with Crippen LogP contribution in [0.3, 0.4) is 0 Å². The number of rotatable bonds is 9. The summed E-state index contributed by atoms with van der Waals surface area (Å²) in [5, 5.41) is 13.8. The average Bonchev–Trinajstić information content (AvgIpc) is 2.67. The van der Waals surface area contributed by atoms with E-state index in [1.807, 2.05) is 12.1 Å². The first-order chi connectivity index (χ1) is 13.3. The van der Waals surface area contributed by atoms with Gasteiger partial charge >= 0.3 is 6.61 Å². The van der Waals surface area contributed by atoms with E-state index in [1.54, 1.807) is 19.2 Å². The van der Waals surface area contributed by atoms with Crippen LogP contribution in [0.25, 0.3) is 0 Å². The Morgan fingerprint density at radius 1 is 1.14 bits per heavy atom. The Hall–Kier alpha value is -3.43. The van der Waals surface area contributed by atoms with Gasteiger partial charge in [-0.05, 0) is 24.1 Å². The molecule has 0 aliphatic carbocycles. The molecule has 8 nitrogen and oxygen atoms in total. The number of alkyl halides is 2. The molecule has 28 heavy (non-hydrogen) atoms. The van der Waals surface area contributed by atoms with Crippen LogP contribution in [0.4, 0.5) is 14.5 Å². The lowest BCUT2D eigenvalue weighted by Gasteiger charge is -2.12. The summed E-state index contributed by atoms with van der Waals surface area (Å²) in [6.07, 6.45) is 0.479. The Bertz CT molecular complexity index is 843. The van der Waals surface area contributed by atoms with Gasteiger partial charge in [-0.25, -0.2) is 0 Å². The van der Waals surface area contributed by atoms with E-state index in [2.05, 4.69) is 10.1 Å². The Morgan fingerprint density at radius 2 is 1.82 bits per heavy atom. The number of nitrogens with one attached hydrogen (secondary N) is 1. The Kier molecular flexibility index (Phi) is 7.08. The highest BCUT2D eigenvalue weighted by molar-refractivity contribution is 5.99. The molecule has 150 valence electrons. The normalized spacial score (nSPS) is 10.5. The van der Waals surface area contributed by atoms with Gasteiger partial charge < -0.3 is 19.5 Å². The summed E-state index contributed by atoms with van der Waals surface area (Å²) in [7, 11) is 2.72. The molecule has 0 atom stereocenters. The number of methoxy groups -OCH3 is 2. The van der Waals surface area contributed by atoms with Crippen molar-refractivity contribution >= 4 is 11.6 Å². The number of carbonyl (C=O) groups excluding carboxylic acids is 1. The first-order valence-corrected chi connectivity index (χ1v) is 8.08. The van der Waals surface area contributed by atoms with E-state index in [0.29, 0.717) is 12.2 Å². The van der Waals surface area contributed by atoms with Gasteiger partial charge in [-0.2, -0.15) is 8.78 Å². The number of nitro benzene ring substituents is 1. The summed E-state index contributed by atoms with van der Waals surface area (Å²) in [6, 6.07) is 8.94. The van der Waals surface area contributed by atoms with Crippen molar-refractivity contribution in [2.24, 2.45) is 0 Å². The molecule has 1 amide bonds. The van der Waals surface area contributed by atoms with Crippen molar-refractivity contribution in [3.63, 3.8) is 0 Å². The van der Waals surface area contributed by atoms with E-state index in [1.165, 1.54) is 7.11 Å². The summed E-state index contributed by atoms with van der Waals surface area (Å²) in [5.41, 5.74) is -0.0644. The Morgan fingerprint density at radius 3 is 2.36 bits per heavy atom. The second-order valence-electron chi connectivity index (χ2n) is 5.51. The summed E-state index contributed by atoms with van der Waals surface area (Å²) in [5.74, 6) is -0.783. The minimum atomic E-state index is -3.20. The number of carbonyl (C=O) groups is 1. The summed E-state index contributed by atoms with van der Waals surface area (Å²) >= 11 is 0. The van der Waals surface area contributed by atoms with Crippen molar-refractivity contribution in [3.8, 4) is 17.2 Å². The van der Waals surface area contributed by atoms with Gasteiger partial charge in [0.05, 0.1) is 25.2 Å². The monoisotopic (exact) mass is 396 g/mol. The molecule has 0 radical (unpaired) electrons. The van der Waals surface area contributed by atoms with Gasteiger partial charge in [0.25, 0.3) is 11.6 Å². The van der Waals surface area contributed by atoms with Gasteiger partial charge in [0, 0.05) is 12.6 Å². The molecule has 0 aliphatic heterocycles. The first kappa shape index (κ1) is 20.9. The smallest absolute Gasteiger partial charge is 0.387 e. The fraction of sp³-hybridized carbons (Fsp3) is 0.278. The predicted molar refractivity (Wildman–Crippen MR) is 95.3 cm³/mol. The van der Waals surface area contributed by atoms with Crippen LogP contribution in [0.1, 0.15) is 15.9 Å². The number of halogens is 2. The fourth-order valence-corrected chi connectivity index (χ4v) is 2.44. The molecule has 2 aromatic carbocycles. The van der Waals surface area contributed by atoms with Crippen LogP contribution in [0, 0.1) is 10.1 Å². The average molecular weight is 396 g/mol. The SMILES string of the molecule is COc1ccc(CCNC(=O)c2cc(OC)c(OC(F)F)cc2[N+](=O)[O-])cc1. The van der Waals surface area contributed by atoms with E-state index in [-0.39, 0.29) is 17.9 Å². The van der Waals surface area contributed by atoms with E-state index in [4.69, 9.17) is 9.47 Å². The highest BCUT2D eigenvalue weighted by atomic mass is 19.3. The zero-order valence-corrected chi connectivity index (χ0v) is 15.1. The van der Waals surface area contributed by atoms with Crippen LogP contribution in [-0.2, 0) is 6.42 Å². The standard InChI is InChI=1S/C18H18F2N2O6/c1-26-12-5-3-11(4-6-12)7-8-21-17(23)13-9-15(27-2)16(28-18(19)20)10-14(13)22(24)25/h3-6,9-10,18H,7-8H2,1-2H3,(H,21,23). The van der Waals surface area contributed by atoms with Crippen molar-refractivity contribution in [1.82, 2.24) is 5.32 Å². The molecule has 0 saturated carbocycles. The highest BCUT2D eigenvalue weighted by Crippen LogP contribution is 2.35. The molecule has 0 aromatic heterocycles. The number of nitrogens with zero attached hydrogens (tertiary/aromatic N) is 1. The zero-order valence-electron chi connectivity index (χ0n) is 15.1. The van der Waals surface area contributed by atoms with Crippen LogP contribution in [0.2, 0.25) is 0 Å². The molecule has 2 aromatic rings. The molecular formula is C18H18F2N2O6. The molecule has 2 rings (SSSR count). The molecule has 0 saturated heterocycles. The summed E-state index contributed by atoms with van der Waals surface area (Å²) in [6.45, 7) is -2.99. The van der Waals surface area contributed by atoms with Gasteiger partial charge in [0.2, 0.25) is 0 Å².